The Morgan fingerprint density at radius 1 is 1.36 bits per heavy atom. The number of fused-ring (bicyclic) bond motifs is 5. The second kappa shape index (κ2) is 5.56. The lowest BCUT2D eigenvalue weighted by Crippen LogP contribution is -2.13. The summed E-state index contributed by atoms with van der Waals surface area (Å²) in [7, 11) is 6.58. The smallest absolute Gasteiger partial charge is 0.113 e. The molecule has 0 spiro atoms. The number of hydrogen-bond donors (Lipinski definition) is 0. The van der Waals surface area contributed by atoms with Crippen LogP contribution in [0.1, 0.15) is 74.7 Å². The number of unbranched alkanes of at least 4 members (excludes halogenated alkanes) is 1. The van der Waals surface area contributed by atoms with Gasteiger partial charge in [-0.15, -0.1) is 0 Å². The molecule has 0 saturated heterocycles. The predicted octanol–water partition coefficient (Wildman–Crippen LogP) is 4.17. The minimum Gasteiger partial charge on any atom is -0.329 e. The Balaban J connectivity index is 1.81. The van der Waals surface area contributed by atoms with Gasteiger partial charge < -0.3 is 4.57 Å². The highest BCUT2D eigenvalue weighted by molar-refractivity contribution is 6.12. The third kappa shape index (κ3) is 2.12. The van der Waals surface area contributed by atoms with E-state index < -0.39 is 0 Å². The lowest BCUT2D eigenvalue weighted by molar-refractivity contribution is 0.500. The molecule has 2 aromatic heterocycles. The summed E-state index contributed by atoms with van der Waals surface area (Å²) in [5.41, 5.74) is 3.22. The van der Waals surface area contributed by atoms with Gasteiger partial charge in [0.05, 0.1) is 13.5 Å². The summed E-state index contributed by atoms with van der Waals surface area (Å²) in [5.74, 6) is 1.97. The standard InChI is InChI=1S/C18H22BN3/c1-2-3-6-14(19)17-16(15-7-4-5-10-20-15)21-18-12-8-9-13(11-12)22(17)18/h4-5,7,10,12-14H,2-3,6,8-9,11H2,1H3. The third-order valence-corrected chi connectivity index (χ3v) is 5.24. The SMILES string of the molecule is [B]C(CCCC)c1c(-c2ccccn2)nc2n1C1CCC2C1. The predicted molar refractivity (Wildman–Crippen MR) is 89.1 cm³/mol. The molecule has 1 aliphatic carbocycles. The van der Waals surface area contributed by atoms with Crippen molar-refractivity contribution in [2.24, 2.45) is 0 Å². The van der Waals surface area contributed by atoms with Crippen LogP contribution in [0.4, 0.5) is 0 Å². The van der Waals surface area contributed by atoms with Crippen molar-refractivity contribution in [3.05, 3.63) is 35.9 Å². The van der Waals surface area contributed by atoms with Gasteiger partial charge in [0, 0.05) is 23.9 Å². The normalized spacial score (nSPS) is 23.7. The van der Waals surface area contributed by atoms with Gasteiger partial charge in [-0.1, -0.05) is 32.3 Å². The van der Waals surface area contributed by atoms with Crippen molar-refractivity contribution >= 4 is 7.85 Å². The van der Waals surface area contributed by atoms with E-state index in [1.54, 1.807) is 0 Å². The van der Waals surface area contributed by atoms with Crippen molar-refractivity contribution in [3.63, 3.8) is 0 Å². The lowest BCUT2D eigenvalue weighted by atomic mass is 9.79. The van der Waals surface area contributed by atoms with Crippen molar-refractivity contribution in [2.75, 3.05) is 0 Å². The maximum Gasteiger partial charge on any atom is 0.113 e. The summed E-state index contributed by atoms with van der Waals surface area (Å²) in [6, 6.07) is 6.65. The van der Waals surface area contributed by atoms with Gasteiger partial charge in [-0.25, -0.2) is 4.98 Å². The largest absolute Gasteiger partial charge is 0.329 e. The molecule has 2 radical (unpaired) electrons. The zero-order valence-electron chi connectivity index (χ0n) is 13.2. The second-order valence-corrected chi connectivity index (χ2v) is 6.70. The lowest BCUT2D eigenvalue weighted by Gasteiger charge is -2.21. The number of pyridine rings is 1. The Morgan fingerprint density at radius 2 is 2.27 bits per heavy atom. The Morgan fingerprint density at radius 3 is 3.05 bits per heavy atom. The molecule has 0 N–H and O–H groups in total. The summed E-state index contributed by atoms with van der Waals surface area (Å²) in [6.45, 7) is 2.22. The fraction of sp³-hybridized carbons (Fsp3) is 0.556. The minimum absolute atomic E-state index is 0.0672. The van der Waals surface area contributed by atoms with E-state index in [9.17, 15) is 0 Å². The molecule has 4 heteroatoms. The van der Waals surface area contributed by atoms with Gasteiger partial charge in [0.15, 0.2) is 0 Å². The first kappa shape index (κ1) is 14.0. The van der Waals surface area contributed by atoms with Crippen molar-refractivity contribution in [2.45, 2.75) is 63.2 Å². The van der Waals surface area contributed by atoms with Crippen molar-refractivity contribution < 1.29 is 0 Å². The molecule has 1 saturated carbocycles. The summed E-state index contributed by atoms with van der Waals surface area (Å²) in [6.07, 6.45) is 9.04. The van der Waals surface area contributed by atoms with Gasteiger partial charge in [0.25, 0.3) is 0 Å². The molecule has 2 bridgehead atoms. The molecule has 3 heterocycles. The van der Waals surface area contributed by atoms with Crippen LogP contribution in [0.15, 0.2) is 24.4 Å². The highest BCUT2D eigenvalue weighted by Gasteiger charge is 2.41. The number of nitrogens with zero attached hydrogens (tertiary/aromatic N) is 3. The molecular formula is C18H22BN3. The minimum atomic E-state index is 0.0672. The highest BCUT2D eigenvalue weighted by Crippen LogP contribution is 2.51. The van der Waals surface area contributed by atoms with E-state index in [4.69, 9.17) is 12.8 Å². The van der Waals surface area contributed by atoms with Gasteiger partial charge in [-0.05, 0) is 37.2 Å². The number of hydrogen-bond acceptors (Lipinski definition) is 2. The van der Waals surface area contributed by atoms with Crippen LogP contribution in [0.5, 0.6) is 0 Å². The van der Waals surface area contributed by atoms with Crippen LogP contribution in [-0.2, 0) is 0 Å². The molecule has 2 aliphatic rings. The maximum atomic E-state index is 6.58. The zero-order valence-corrected chi connectivity index (χ0v) is 13.2. The summed E-state index contributed by atoms with van der Waals surface area (Å²) < 4.78 is 2.47. The van der Waals surface area contributed by atoms with Crippen LogP contribution in [0, 0.1) is 0 Å². The van der Waals surface area contributed by atoms with Crippen LogP contribution < -0.4 is 0 Å². The van der Waals surface area contributed by atoms with Crippen molar-refractivity contribution in [3.8, 4) is 11.4 Å². The maximum absolute atomic E-state index is 6.58. The van der Waals surface area contributed by atoms with Crippen LogP contribution in [0.25, 0.3) is 11.4 Å². The summed E-state index contributed by atoms with van der Waals surface area (Å²) in [4.78, 5) is 9.52. The molecule has 1 fully saturated rings. The average molecular weight is 291 g/mol. The van der Waals surface area contributed by atoms with Gasteiger partial charge in [0.2, 0.25) is 0 Å². The fourth-order valence-electron chi connectivity index (χ4n) is 4.17. The molecular weight excluding hydrogens is 269 g/mol. The van der Waals surface area contributed by atoms with E-state index in [1.165, 1.54) is 37.2 Å². The summed E-state index contributed by atoms with van der Waals surface area (Å²) in [5, 5.41) is 0. The molecule has 2 aromatic rings. The first-order chi connectivity index (χ1) is 10.8. The van der Waals surface area contributed by atoms with Crippen LogP contribution in [0.2, 0.25) is 0 Å². The first-order valence-corrected chi connectivity index (χ1v) is 8.58. The molecule has 3 nitrogen and oxygen atoms in total. The number of aromatic nitrogens is 3. The van der Waals surface area contributed by atoms with E-state index >= 15 is 0 Å². The van der Waals surface area contributed by atoms with E-state index in [2.05, 4.69) is 22.5 Å². The second-order valence-electron chi connectivity index (χ2n) is 6.70. The van der Waals surface area contributed by atoms with Gasteiger partial charge in [0.1, 0.15) is 11.5 Å². The van der Waals surface area contributed by atoms with Gasteiger partial charge in [-0.2, -0.15) is 0 Å². The molecule has 0 amide bonds. The monoisotopic (exact) mass is 291 g/mol. The van der Waals surface area contributed by atoms with Gasteiger partial charge >= 0.3 is 0 Å². The molecule has 3 atom stereocenters. The van der Waals surface area contributed by atoms with Crippen LogP contribution in [0.3, 0.4) is 0 Å². The van der Waals surface area contributed by atoms with Crippen molar-refractivity contribution in [1.29, 1.82) is 0 Å². The van der Waals surface area contributed by atoms with Crippen LogP contribution >= 0.6 is 0 Å². The first-order valence-electron chi connectivity index (χ1n) is 8.58. The highest BCUT2D eigenvalue weighted by atomic mass is 15.2. The van der Waals surface area contributed by atoms with E-state index in [0.717, 1.165) is 24.2 Å². The molecule has 3 unspecified atom stereocenters. The molecule has 112 valence electrons. The molecule has 22 heavy (non-hydrogen) atoms. The molecule has 4 rings (SSSR count). The number of imidazole rings is 1. The number of rotatable bonds is 5. The third-order valence-electron chi connectivity index (χ3n) is 5.24. The van der Waals surface area contributed by atoms with Gasteiger partial charge in [-0.3, -0.25) is 4.98 Å². The average Bonchev–Trinajstić information content (AvgIpc) is 3.24. The van der Waals surface area contributed by atoms with E-state index in [-0.39, 0.29) is 5.82 Å². The molecule has 1 aliphatic heterocycles. The fourth-order valence-corrected chi connectivity index (χ4v) is 4.17. The Hall–Kier alpha value is -1.58. The topological polar surface area (TPSA) is 30.7 Å². The quantitative estimate of drug-likeness (QED) is 0.774. The Kier molecular flexibility index (Phi) is 3.55. The van der Waals surface area contributed by atoms with Crippen LogP contribution in [-0.4, -0.2) is 22.4 Å². The summed E-state index contributed by atoms with van der Waals surface area (Å²) >= 11 is 0. The Bertz CT molecular complexity index is 664. The van der Waals surface area contributed by atoms with E-state index in [0.29, 0.717) is 12.0 Å². The zero-order chi connectivity index (χ0) is 15.1. The Labute approximate surface area is 133 Å². The van der Waals surface area contributed by atoms with E-state index in [1.807, 2.05) is 18.3 Å². The molecule has 0 aromatic carbocycles. The van der Waals surface area contributed by atoms with Crippen molar-refractivity contribution in [1.82, 2.24) is 14.5 Å².